The number of methoxy groups -OCH3 is 1. The van der Waals surface area contributed by atoms with Crippen molar-refractivity contribution in [2.75, 3.05) is 20.2 Å². The number of thiazole rings is 1. The molecule has 21 heavy (non-hydrogen) atoms. The summed E-state index contributed by atoms with van der Waals surface area (Å²) in [7, 11) is 1.78. The van der Waals surface area contributed by atoms with E-state index >= 15 is 0 Å². The molecule has 118 valence electrons. The van der Waals surface area contributed by atoms with Gasteiger partial charge in [-0.3, -0.25) is 4.90 Å². The second-order valence-electron chi connectivity index (χ2n) is 6.44. The molecule has 0 radical (unpaired) electrons. The van der Waals surface area contributed by atoms with E-state index in [1.807, 2.05) is 11.3 Å². The van der Waals surface area contributed by atoms with Crippen LogP contribution in [0.25, 0.3) is 0 Å². The number of nitrogens with zero attached hydrogens (tertiary/aromatic N) is 2. The molecule has 5 heteroatoms. The van der Waals surface area contributed by atoms with Gasteiger partial charge in [0, 0.05) is 30.4 Å². The van der Waals surface area contributed by atoms with Crippen LogP contribution < -0.4 is 0 Å². The molecule has 2 aliphatic rings. The quantitative estimate of drug-likeness (QED) is 0.927. The summed E-state index contributed by atoms with van der Waals surface area (Å²) in [5.41, 5.74) is 1.29. The van der Waals surface area contributed by atoms with E-state index in [2.05, 4.69) is 23.7 Å². The van der Waals surface area contributed by atoms with E-state index < -0.39 is 0 Å². The lowest BCUT2D eigenvalue weighted by molar-refractivity contribution is -0.201. The van der Waals surface area contributed by atoms with Crippen LogP contribution in [0.3, 0.4) is 0 Å². The first-order valence-electron chi connectivity index (χ1n) is 7.97. The first kappa shape index (κ1) is 15.4. The second-order valence-corrected chi connectivity index (χ2v) is 7.73. The third-order valence-electron chi connectivity index (χ3n) is 5.40. The smallest absolute Gasteiger partial charge is 0.0900 e. The molecule has 2 fully saturated rings. The molecule has 2 atom stereocenters. The van der Waals surface area contributed by atoms with E-state index in [4.69, 9.17) is 4.74 Å². The second kappa shape index (κ2) is 5.95. The summed E-state index contributed by atoms with van der Waals surface area (Å²) < 4.78 is 5.56. The number of ether oxygens (including phenoxy) is 1. The summed E-state index contributed by atoms with van der Waals surface area (Å²) in [4.78, 5) is 8.55. The van der Waals surface area contributed by atoms with Gasteiger partial charge in [-0.2, -0.15) is 0 Å². The van der Waals surface area contributed by atoms with Gasteiger partial charge in [0.1, 0.15) is 0 Å². The van der Waals surface area contributed by atoms with Crippen molar-refractivity contribution >= 4 is 11.3 Å². The molecule has 0 aromatic carbocycles. The molecule has 1 spiro atoms. The average molecular weight is 310 g/mol. The normalized spacial score (nSPS) is 28.8. The number of rotatable bonds is 4. The summed E-state index contributed by atoms with van der Waals surface area (Å²) in [6, 6.07) is 0. The van der Waals surface area contributed by atoms with Crippen LogP contribution >= 0.6 is 11.3 Å². The highest BCUT2D eigenvalue weighted by Gasteiger charge is 2.55. The molecule has 1 aliphatic carbocycles. The maximum absolute atomic E-state index is 10.2. The van der Waals surface area contributed by atoms with Crippen LogP contribution in [0.1, 0.15) is 41.8 Å². The molecule has 0 amide bonds. The monoisotopic (exact) mass is 310 g/mol. The number of hydrogen-bond donors (Lipinski definition) is 1. The highest BCUT2D eigenvalue weighted by molar-refractivity contribution is 7.11. The summed E-state index contributed by atoms with van der Waals surface area (Å²) in [6.07, 6.45) is 4.01. The molecule has 1 saturated carbocycles. The Hall–Kier alpha value is -0.490. The number of aliphatic hydroxyl groups is 1. The summed E-state index contributed by atoms with van der Waals surface area (Å²) >= 11 is 1.83. The van der Waals surface area contributed by atoms with Gasteiger partial charge in [-0.25, -0.2) is 4.98 Å². The lowest BCUT2D eigenvalue weighted by atomic mass is 9.58. The van der Waals surface area contributed by atoms with Gasteiger partial charge in [0.25, 0.3) is 0 Å². The Morgan fingerprint density at radius 2 is 2.14 bits per heavy atom. The van der Waals surface area contributed by atoms with Crippen molar-refractivity contribution in [2.45, 2.75) is 58.3 Å². The molecular formula is C16H26N2O2S. The Bertz CT molecular complexity index is 494. The maximum atomic E-state index is 10.2. The Labute approximate surface area is 131 Å². The van der Waals surface area contributed by atoms with E-state index in [0.717, 1.165) is 45.3 Å². The Kier molecular flexibility index (Phi) is 4.37. The van der Waals surface area contributed by atoms with Crippen LogP contribution in [-0.4, -0.2) is 47.4 Å². The van der Waals surface area contributed by atoms with Gasteiger partial charge >= 0.3 is 0 Å². The number of likely N-dealkylation sites (tertiary alicyclic amines) is 1. The van der Waals surface area contributed by atoms with Crippen molar-refractivity contribution in [3.63, 3.8) is 0 Å². The molecule has 1 aromatic heterocycles. The SMILES string of the molecule is CCc1nc(C)sc1CN1CCC2(CC1)[C@H](O)C[C@@H]2OC. The van der Waals surface area contributed by atoms with Gasteiger partial charge in [-0.15, -0.1) is 11.3 Å². The summed E-state index contributed by atoms with van der Waals surface area (Å²) in [6.45, 7) is 7.38. The van der Waals surface area contributed by atoms with Crippen LogP contribution in [0.15, 0.2) is 0 Å². The Morgan fingerprint density at radius 1 is 1.43 bits per heavy atom. The van der Waals surface area contributed by atoms with E-state index in [1.165, 1.54) is 15.6 Å². The molecule has 1 N–H and O–H groups in total. The fraction of sp³-hybridized carbons (Fsp3) is 0.812. The third kappa shape index (κ3) is 2.65. The number of aromatic nitrogens is 1. The van der Waals surface area contributed by atoms with Crippen LogP contribution in [0, 0.1) is 12.3 Å². The van der Waals surface area contributed by atoms with E-state index in [0.29, 0.717) is 0 Å². The zero-order valence-electron chi connectivity index (χ0n) is 13.3. The molecule has 3 rings (SSSR count). The van der Waals surface area contributed by atoms with Gasteiger partial charge in [-0.1, -0.05) is 6.92 Å². The van der Waals surface area contributed by atoms with Crippen molar-refractivity contribution in [3.8, 4) is 0 Å². The highest BCUT2D eigenvalue weighted by Crippen LogP contribution is 2.50. The largest absolute Gasteiger partial charge is 0.392 e. The van der Waals surface area contributed by atoms with E-state index in [-0.39, 0.29) is 17.6 Å². The maximum Gasteiger partial charge on any atom is 0.0900 e. The third-order valence-corrected chi connectivity index (χ3v) is 6.40. The van der Waals surface area contributed by atoms with Crippen molar-refractivity contribution in [1.29, 1.82) is 0 Å². The van der Waals surface area contributed by atoms with Gasteiger partial charge in [0.15, 0.2) is 0 Å². The zero-order chi connectivity index (χ0) is 15.0. The lowest BCUT2D eigenvalue weighted by Crippen LogP contribution is -2.61. The van der Waals surface area contributed by atoms with E-state index in [1.54, 1.807) is 7.11 Å². The minimum atomic E-state index is -0.165. The number of piperidine rings is 1. The van der Waals surface area contributed by atoms with Gasteiger partial charge < -0.3 is 9.84 Å². The molecule has 1 aromatic rings. The number of aliphatic hydroxyl groups excluding tert-OH is 1. The molecular weight excluding hydrogens is 284 g/mol. The molecule has 0 bridgehead atoms. The Balaban J connectivity index is 1.61. The summed E-state index contributed by atoms with van der Waals surface area (Å²) in [5, 5.41) is 11.4. The average Bonchev–Trinajstić information content (AvgIpc) is 2.85. The van der Waals surface area contributed by atoms with Crippen LogP contribution in [0.4, 0.5) is 0 Å². The minimum absolute atomic E-state index is 0.0302. The van der Waals surface area contributed by atoms with Crippen molar-refractivity contribution < 1.29 is 9.84 Å². The number of hydrogen-bond acceptors (Lipinski definition) is 5. The predicted octanol–water partition coefficient (Wildman–Crippen LogP) is 2.38. The topological polar surface area (TPSA) is 45.6 Å². The van der Waals surface area contributed by atoms with Crippen LogP contribution in [0.5, 0.6) is 0 Å². The minimum Gasteiger partial charge on any atom is -0.392 e. The van der Waals surface area contributed by atoms with E-state index in [9.17, 15) is 5.11 Å². The zero-order valence-corrected chi connectivity index (χ0v) is 14.1. The first-order chi connectivity index (χ1) is 10.1. The Morgan fingerprint density at radius 3 is 2.71 bits per heavy atom. The predicted molar refractivity (Wildman–Crippen MR) is 84.6 cm³/mol. The number of aryl methyl sites for hydroxylation is 2. The van der Waals surface area contributed by atoms with Gasteiger partial charge in [0.05, 0.1) is 22.9 Å². The van der Waals surface area contributed by atoms with Crippen molar-refractivity contribution in [1.82, 2.24) is 9.88 Å². The standard InChI is InChI=1S/C16H26N2O2S/c1-4-12-13(21-11(2)17-12)10-18-7-5-16(6-8-18)14(19)9-15(16)20-3/h14-15,19H,4-10H2,1-3H3/t14-,15+/m1/s1. The fourth-order valence-corrected chi connectivity index (χ4v) is 5.02. The lowest BCUT2D eigenvalue weighted by Gasteiger charge is -2.56. The highest BCUT2D eigenvalue weighted by atomic mass is 32.1. The first-order valence-corrected chi connectivity index (χ1v) is 8.79. The van der Waals surface area contributed by atoms with Crippen molar-refractivity contribution in [2.24, 2.45) is 5.41 Å². The van der Waals surface area contributed by atoms with Crippen LogP contribution in [-0.2, 0) is 17.7 Å². The fourth-order valence-electron chi connectivity index (χ4n) is 3.96. The van der Waals surface area contributed by atoms with Crippen molar-refractivity contribution in [3.05, 3.63) is 15.6 Å². The molecule has 1 saturated heterocycles. The van der Waals surface area contributed by atoms with Gasteiger partial charge in [0.2, 0.25) is 0 Å². The van der Waals surface area contributed by atoms with Crippen LogP contribution in [0.2, 0.25) is 0 Å². The molecule has 0 unspecified atom stereocenters. The summed E-state index contributed by atoms with van der Waals surface area (Å²) in [5.74, 6) is 0. The molecule has 1 aliphatic heterocycles. The molecule has 2 heterocycles. The molecule has 4 nitrogen and oxygen atoms in total. The van der Waals surface area contributed by atoms with Gasteiger partial charge in [-0.05, 0) is 39.3 Å².